The summed E-state index contributed by atoms with van der Waals surface area (Å²) in [5.41, 5.74) is 0.373. The van der Waals surface area contributed by atoms with Crippen molar-refractivity contribution in [3.63, 3.8) is 0 Å². The quantitative estimate of drug-likeness (QED) is 0.891. The van der Waals surface area contributed by atoms with Crippen LogP contribution < -0.4 is 0 Å². The van der Waals surface area contributed by atoms with Crippen LogP contribution in [0.1, 0.15) is 49.9 Å². The zero-order valence-electron chi connectivity index (χ0n) is 13.1. The Hall–Kier alpha value is -1.40. The molecule has 1 aliphatic rings. The van der Waals surface area contributed by atoms with Gasteiger partial charge in [-0.25, -0.2) is 0 Å². The number of hydrogen-bond donors (Lipinski definition) is 1. The van der Waals surface area contributed by atoms with Gasteiger partial charge in [-0.05, 0) is 33.6 Å². The topological polar surface area (TPSA) is 69.8 Å². The molecule has 0 radical (unpaired) electrons. The van der Waals surface area contributed by atoms with Gasteiger partial charge >= 0.3 is 0 Å². The molecule has 1 N–H and O–H groups in total. The summed E-state index contributed by atoms with van der Waals surface area (Å²) in [5.74, 6) is 0.617. The Balaban J connectivity index is 1.96. The first-order chi connectivity index (χ1) is 10.0. The molecule has 6 nitrogen and oxygen atoms in total. The van der Waals surface area contributed by atoms with E-state index in [1.807, 2.05) is 20.8 Å². The number of amides is 1. The van der Waals surface area contributed by atoms with Crippen molar-refractivity contribution in [3.05, 3.63) is 17.5 Å². The average molecular weight is 295 g/mol. The molecule has 1 fully saturated rings. The van der Waals surface area contributed by atoms with Gasteiger partial charge in [-0.1, -0.05) is 5.16 Å². The number of aromatic nitrogens is 1. The first-order valence-corrected chi connectivity index (χ1v) is 7.68. The van der Waals surface area contributed by atoms with Gasteiger partial charge in [-0.15, -0.1) is 0 Å². The Kier molecular flexibility index (Phi) is 5.36. The second kappa shape index (κ2) is 7.04. The number of piperidine rings is 1. The number of nitrogens with zero attached hydrogens (tertiary/aromatic N) is 3. The molecule has 21 heavy (non-hydrogen) atoms. The van der Waals surface area contributed by atoms with E-state index in [2.05, 4.69) is 10.1 Å². The lowest BCUT2D eigenvalue weighted by molar-refractivity contribution is 0.0702. The summed E-state index contributed by atoms with van der Waals surface area (Å²) in [6.45, 7) is 8.92. The van der Waals surface area contributed by atoms with Gasteiger partial charge in [0.1, 0.15) is 0 Å². The maximum absolute atomic E-state index is 12.3. The third kappa shape index (κ3) is 4.04. The predicted molar refractivity (Wildman–Crippen MR) is 78.9 cm³/mol. The molecule has 6 heteroatoms. The summed E-state index contributed by atoms with van der Waals surface area (Å²) in [7, 11) is 0. The van der Waals surface area contributed by atoms with Crippen molar-refractivity contribution in [2.24, 2.45) is 0 Å². The molecule has 0 aromatic carbocycles. The second-order valence-electron chi connectivity index (χ2n) is 5.87. The van der Waals surface area contributed by atoms with Crippen LogP contribution in [0, 0.1) is 0 Å². The lowest BCUT2D eigenvalue weighted by Crippen LogP contribution is -2.36. The average Bonchev–Trinajstić information content (AvgIpc) is 2.90. The molecule has 2 rings (SSSR count). The highest BCUT2D eigenvalue weighted by Crippen LogP contribution is 2.15. The van der Waals surface area contributed by atoms with E-state index >= 15 is 0 Å². The highest BCUT2D eigenvalue weighted by atomic mass is 16.5. The molecule has 1 amide bonds. The highest BCUT2D eigenvalue weighted by molar-refractivity contribution is 5.92. The van der Waals surface area contributed by atoms with Crippen LogP contribution in [-0.4, -0.2) is 57.8 Å². The summed E-state index contributed by atoms with van der Waals surface area (Å²) in [4.78, 5) is 16.3. The van der Waals surface area contributed by atoms with Crippen molar-refractivity contribution in [2.75, 3.05) is 19.6 Å². The molecule has 1 aliphatic heterocycles. The van der Waals surface area contributed by atoms with E-state index in [1.54, 1.807) is 11.0 Å². The SMILES string of the molecule is CCN(C(=O)c1cc(CN2CCC(O)CC2)on1)C(C)C. The van der Waals surface area contributed by atoms with Gasteiger partial charge in [0.2, 0.25) is 0 Å². The molecule has 0 aliphatic carbocycles. The predicted octanol–water partition coefficient (Wildman–Crippen LogP) is 1.50. The molecule has 0 bridgehead atoms. The van der Waals surface area contributed by atoms with E-state index in [1.165, 1.54) is 0 Å². The number of carbonyl (C=O) groups excluding carboxylic acids is 1. The van der Waals surface area contributed by atoms with Gasteiger partial charge in [-0.2, -0.15) is 0 Å². The standard InChI is InChI=1S/C15H25N3O3/c1-4-18(11(2)3)15(20)14-9-13(21-16-14)10-17-7-5-12(19)6-8-17/h9,11-12,19H,4-8,10H2,1-3H3. The summed E-state index contributed by atoms with van der Waals surface area (Å²) >= 11 is 0. The first-order valence-electron chi connectivity index (χ1n) is 7.68. The van der Waals surface area contributed by atoms with Gasteiger partial charge in [0, 0.05) is 31.7 Å². The second-order valence-corrected chi connectivity index (χ2v) is 5.87. The van der Waals surface area contributed by atoms with Crippen LogP contribution in [-0.2, 0) is 6.54 Å². The largest absolute Gasteiger partial charge is 0.393 e. The van der Waals surface area contributed by atoms with Crippen LogP contribution in [0.15, 0.2) is 10.6 Å². The van der Waals surface area contributed by atoms with Gasteiger partial charge < -0.3 is 14.5 Å². The first kappa shape index (κ1) is 16.0. The molecular weight excluding hydrogens is 270 g/mol. The minimum absolute atomic E-state index is 0.0865. The van der Waals surface area contributed by atoms with Crippen molar-refractivity contribution < 1.29 is 14.4 Å². The molecule has 2 heterocycles. The zero-order chi connectivity index (χ0) is 15.4. The summed E-state index contributed by atoms with van der Waals surface area (Å²) in [5, 5.41) is 13.4. The van der Waals surface area contributed by atoms with E-state index < -0.39 is 0 Å². The van der Waals surface area contributed by atoms with Crippen molar-refractivity contribution in [1.82, 2.24) is 15.0 Å². The van der Waals surface area contributed by atoms with Crippen LogP contribution in [0.25, 0.3) is 0 Å². The molecule has 0 unspecified atom stereocenters. The molecule has 1 aromatic rings. The third-order valence-electron chi connectivity index (χ3n) is 3.94. The maximum atomic E-state index is 12.3. The van der Waals surface area contributed by atoms with Crippen LogP contribution >= 0.6 is 0 Å². The molecule has 0 spiro atoms. The van der Waals surface area contributed by atoms with Crippen molar-refractivity contribution >= 4 is 5.91 Å². The van der Waals surface area contributed by atoms with Crippen molar-refractivity contribution in [1.29, 1.82) is 0 Å². The Morgan fingerprint density at radius 3 is 2.76 bits per heavy atom. The van der Waals surface area contributed by atoms with Crippen molar-refractivity contribution in [3.8, 4) is 0 Å². The molecule has 1 saturated heterocycles. The fraction of sp³-hybridized carbons (Fsp3) is 0.733. The highest BCUT2D eigenvalue weighted by Gasteiger charge is 2.22. The number of hydrogen-bond acceptors (Lipinski definition) is 5. The monoisotopic (exact) mass is 295 g/mol. The van der Waals surface area contributed by atoms with E-state index in [-0.39, 0.29) is 18.1 Å². The van der Waals surface area contributed by atoms with E-state index in [0.29, 0.717) is 24.5 Å². The Morgan fingerprint density at radius 1 is 1.52 bits per heavy atom. The van der Waals surface area contributed by atoms with Crippen LogP contribution in [0.3, 0.4) is 0 Å². The zero-order valence-corrected chi connectivity index (χ0v) is 13.1. The van der Waals surface area contributed by atoms with Crippen LogP contribution in [0.5, 0.6) is 0 Å². The molecule has 1 aromatic heterocycles. The van der Waals surface area contributed by atoms with Gasteiger partial charge in [0.15, 0.2) is 11.5 Å². The van der Waals surface area contributed by atoms with E-state index in [4.69, 9.17) is 4.52 Å². The van der Waals surface area contributed by atoms with Crippen LogP contribution in [0.4, 0.5) is 0 Å². The normalized spacial score (nSPS) is 17.4. The minimum atomic E-state index is -0.183. The van der Waals surface area contributed by atoms with Gasteiger partial charge in [0.25, 0.3) is 5.91 Å². The number of aliphatic hydroxyl groups excluding tert-OH is 1. The van der Waals surface area contributed by atoms with Gasteiger partial charge in [-0.3, -0.25) is 9.69 Å². The number of carbonyl (C=O) groups is 1. The van der Waals surface area contributed by atoms with E-state index in [0.717, 1.165) is 25.9 Å². The number of likely N-dealkylation sites (tertiary alicyclic amines) is 1. The Labute approximate surface area is 125 Å². The lowest BCUT2D eigenvalue weighted by Gasteiger charge is -2.28. The lowest BCUT2D eigenvalue weighted by atomic mass is 10.1. The molecule has 0 saturated carbocycles. The summed E-state index contributed by atoms with van der Waals surface area (Å²) in [6.07, 6.45) is 1.39. The Bertz CT molecular complexity index is 464. The van der Waals surface area contributed by atoms with Gasteiger partial charge in [0.05, 0.1) is 12.6 Å². The fourth-order valence-corrected chi connectivity index (χ4v) is 2.68. The summed E-state index contributed by atoms with van der Waals surface area (Å²) < 4.78 is 5.29. The number of rotatable bonds is 5. The van der Waals surface area contributed by atoms with E-state index in [9.17, 15) is 9.90 Å². The van der Waals surface area contributed by atoms with Crippen molar-refractivity contribution in [2.45, 2.75) is 52.3 Å². The molecular formula is C15H25N3O3. The molecule has 118 valence electrons. The van der Waals surface area contributed by atoms with Crippen LogP contribution in [0.2, 0.25) is 0 Å². The molecule has 0 atom stereocenters. The smallest absolute Gasteiger partial charge is 0.276 e. The fourth-order valence-electron chi connectivity index (χ4n) is 2.68. The third-order valence-corrected chi connectivity index (χ3v) is 3.94. The summed E-state index contributed by atoms with van der Waals surface area (Å²) in [6, 6.07) is 1.88. The Morgan fingerprint density at radius 2 is 2.19 bits per heavy atom. The maximum Gasteiger partial charge on any atom is 0.276 e. The minimum Gasteiger partial charge on any atom is -0.393 e. The number of aliphatic hydroxyl groups is 1.